The molecule has 1 saturated carbocycles. The number of anilines is 1. The standard InChI is InChI=1S/C26H35N3O2/c1-5-12-29(16-22-8-9-22)26-15-24(27-17-28-26)25(31)14-23-11-10-21(13-19(23)3)7-6-18(2)20(4)30/h10-11,13,15,17-18,22H,5-9,12,14,16H2,1-4H3. The molecule has 1 unspecified atom stereocenters. The summed E-state index contributed by atoms with van der Waals surface area (Å²) in [7, 11) is 0. The SMILES string of the molecule is CCCN(CC1CC1)c1cc(C(=O)Cc2ccc(CCC(C)C(C)=O)cc2C)ncn1. The van der Waals surface area contributed by atoms with E-state index in [4.69, 9.17) is 0 Å². The first-order valence-corrected chi connectivity index (χ1v) is 11.6. The molecule has 0 radical (unpaired) electrons. The monoisotopic (exact) mass is 421 g/mol. The summed E-state index contributed by atoms with van der Waals surface area (Å²) in [5.41, 5.74) is 3.83. The van der Waals surface area contributed by atoms with E-state index in [-0.39, 0.29) is 17.5 Å². The number of aromatic nitrogens is 2. The van der Waals surface area contributed by atoms with E-state index in [1.165, 1.54) is 24.7 Å². The Kier molecular flexibility index (Phi) is 7.94. The van der Waals surface area contributed by atoms with Gasteiger partial charge in [0.1, 0.15) is 23.6 Å². The van der Waals surface area contributed by atoms with Gasteiger partial charge >= 0.3 is 0 Å². The van der Waals surface area contributed by atoms with Gasteiger partial charge in [-0.2, -0.15) is 0 Å². The molecule has 0 aliphatic heterocycles. The van der Waals surface area contributed by atoms with Gasteiger partial charge in [-0.1, -0.05) is 32.0 Å². The van der Waals surface area contributed by atoms with Crippen LogP contribution in [0.3, 0.4) is 0 Å². The molecular weight excluding hydrogens is 386 g/mol. The molecule has 3 rings (SSSR count). The molecule has 166 valence electrons. The predicted octanol–water partition coefficient (Wildman–Crippen LogP) is 4.99. The molecule has 5 heteroatoms. The lowest BCUT2D eigenvalue weighted by Crippen LogP contribution is -2.27. The van der Waals surface area contributed by atoms with Crippen LogP contribution >= 0.6 is 0 Å². The number of carbonyl (C=O) groups excluding carboxylic acids is 2. The molecule has 0 saturated heterocycles. The summed E-state index contributed by atoms with van der Waals surface area (Å²) >= 11 is 0. The van der Waals surface area contributed by atoms with Gasteiger partial charge in [-0.05, 0) is 68.6 Å². The molecule has 2 aromatic rings. The molecule has 0 N–H and O–H groups in total. The summed E-state index contributed by atoms with van der Waals surface area (Å²) in [5.74, 6) is 1.96. The summed E-state index contributed by atoms with van der Waals surface area (Å²) in [5, 5.41) is 0. The lowest BCUT2D eigenvalue weighted by molar-refractivity contribution is -0.120. The molecule has 5 nitrogen and oxygen atoms in total. The Hall–Kier alpha value is -2.56. The Balaban J connectivity index is 1.66. The van der Waals surface area contributed by atoms with Gasteiger partial charge in [-0.15, -0.1) is 0 Å². The normalized spacial score (nSPS) is 14.3. The first kappa shape index (κ1) is 23.1. The third-order valence-electron chi connectivity index (χ3n) is 6.25. The van der Waals surface area contributed by atoms with Crippen LogP contribution in [-0.4, -0.2) is 34.6 Å². The molecule has 0 amide bonds. The molecule has 31 heavy (non-hydrogen) atoms. The lowest BCUT2D eigenvalue weighted by Gasteiger charge is -2.23. The summed E-state index contributed by atoms with van der Waals surface area (Å²) in [6.07, 6.45) is 7.22. The van der Waals surface area contributed by atoms with E-state index in [1.807, 2.05) is 26.0 Å². The van der Waals surface area contributed by atoms with E-state index in [0.29, 0.717) is 12.1 Å². The number of carbonyl (C=O) groups is 2. The number of Topliss-reactive ketones (excluding diaryl/α,β-unsaturated/α-hetero) is 2. The number of rotatable bonds is 12. The number of aryl methyl sites for hydroxylation is 2. The molecule has 1 fully saturated rings. The quantitative estimate of drug-likeness (QED) is 0.452. The zero-order valence-corrected chi connectivity index (χ0v) is 19.4. The number of benzene rings is 1. The first-order valence-electron chi connectivity index (χ1n) is 11.6. The maximum Gasteiger partial charge on any atom is 0.185 e. The maximum absolute atomic E-state index is 13.0. The molecule has 1 heterocycles. The van der Waals surface area contributed by atoms with E-state index in [1.54, 1.807) is 6.92 Å². The average Bonchev–Trinajstić information content (AvgIpc) is 3.57. The second-order valence-corrected chi connectivity index (χ2v) is 9.06. The van der Waals surface area contributed by atoms with E-state index < -0.39 is 0 Å². The molecule has 0 bridgehead atoms. The molecule has 1 atom stereocenters. The number of hydrogen-bond donors (Lipinski definition) is 0. The van der Waals surface area contributed by atoms with Gasteiger partial charge in [-0.3, -0.25) is 9.59 Å². The van der Waals surface area contributed by atoms with Gasteiger partial charge in [0.05, 0.1) is 0 Å². The molecule has 1 aromatic carbocycles. The Morgan fingerprint density at radius 2 is 1.97 bits per heavy atom. The van der Waals surface area contributed by atoms with Crippen LogP contribution in [0.2, 0.25) is 0 Å². The van der Waals surface area contributed by atoms with Gasteiger partial charge in [0.15, 0.2) is 5.78 Å². The van der Waals surface area contributed by atoms with Gasteiger partial charge < -0.3 is 4.90 Å². The fourth-order valence-corrected chi connectivity index (χ4v) is 3.82. The van der Waals surface area contributed by atoms with Crippen molar-refractivity contribution in [3.8, 4) is 0 Å². The Bertz CT molecular complexity index is 921. The zero-order valence-electron chi connectivity index (χ0n) is 19.4. The van der Waals surface area contributed by atoms with Crippen molar-refractivity contribution in [3.05, 3.63) is 53.0 Å². The van der Waals surface area contributed by atoms with Crippen molar-refractivity contribution < 1.29 is 9.59 Å². The van der Waals surface area contributed by atoms with Crippen molar-refractivity contribution in [1.29, 1.82) is 0 Å². The first-order chi connectivity index (χ1) is 14.9. The van der Waals surface area contributed by atoms with Crippen LogP contribution in [0.5, 0.6) is 0 Å². The van der Waals surface area contributed by atoms with Crippen LogP contribution < -0.4 is 4.90 Å². The maximum atomic E-state index is 13.0. The van der Waals surface area contributed by atoms with E-state index in [2.05, 4.69) is 33.9 Å². The summed E-state index contributed by atoms with van der Waals surface area (Å²) in [6.45, 7) is 9.80. The van der Waals surface area contributed by atoms with E-state index in [9.17, 15) is 9.59 Å². The average molecular weight is 422 g/mol. The van der Waals surface area contributed by atoms with E-state index >= 15 is 0 Å². The van der Waals surface area contributed by atoms with Crippen LogP contribution in [-0.2, 0) is 17.6 Å². The lowest BCUT2D eigenvalue weighted by atomic mass is 9.94. The van der Waals surface area contributed by atoms with Crippen LogP contribution in [0.4, 0.5) is 5.82 Å². The van der Waals surface area contributed by atoms with Crippen LogP contribution in [0.15, 0.2) is 30.6 Å². The predicted molar refractivity (Wildman–Crippen MR) is 125 cm³/mol. The van der Waals surface area contributed by atoms with Crippen molar-refractivity contribution in [2.24, 2.45) is 11.8 Å². The summed E-state index contributed by atoms with van der Waals surface area (Å²) in [6, 6.07) is 8.11. The highest BCUT2D eigenvalue weighted by atomic mass is 16.1. The van der Waals surface area contributed by atoms with Gasteiger partial charge in [0.2, 0.25) is 0 Å². The highest BCUT2D eigenvalue weighted by Gasteiger charge is 2.25. The van der Waals surface area contributed by atoms with Crippen LogP contribution in [0.1, 0.15) is 73.6 Å². The zero-order chi connectivity index (χ0) is 22.4. The van der Waals surface area contributed by atoms with E-state index in [0.717, 1.165) is 55.2 Å². The fraction of sp³-hybridized carbons (Fsp3) is 0.538. The van der Waals surface area contributed by atoms with Gasteiger partial charge in [-0.25, -0.2) is 9.97 Å². The van der Waals surface area contributed by atoms with Crippen LogP contribution in [0.25, 0.3) is 0 Å². The molecule has 0 spiro atoms. The number of ketones is 2. The number of nitrogens with zero attached hydrogens (tertiary/aromatic N) is 3. The van der Waals surface area contributed by atoms with Crippen molar-refractivity contribution >= 4 is 17.4 Å². The number of hydrogen-bond acceptors (Lipinski definition) is 5. The Labute approximate surface area is 186 Å². The summed E-state index contributed by atoms with van der Waals surface area (Å²) < 4.78 is 0. The van der Waals surface area contributed by atoms with Gasteiger partial charge in [0, 0.05) is 31.5 Å². The molecule has 1 aromatic heterocycles. The largest absolute Gasteiger partial charge is 0.356 e. The molecule has 1 aliphatic rings. The fourth-order valence-electron chi connectivity index (χ4n) is 3.82. The molecule has 1 aliphatic carbocycles. The Morgan fingerprint density at radius 1 is 1.19 bits per heavy atom. The van der Waals surface area contributed by atoms with Crippen molar-refractivity contribution in [3.63, 3.8) is 0 Å². The van der Waals surface area contributed by atoms with Crippen molar-refractivity contribution in [1.82, 2.24) is 9.97 Å². The highest BCUT2D eigenvalue weighted by molar-refractivity contribution is 5.96. The van der Waals surface area contributed by atoms with Crippen molar-refractivity contribution in [2.45, 2.75) is 66.2 Å². The third-order valence-corrected chi connectivity index (χ3v) is 6.25. The second-order valence-electron chi connectivity index (χ2n) is 9.06. The molecular formula is C26H35N3O2. The minimum absolute atomic E-state index is 0.0209. The van der Waals surface area contributed by atoms with Gasteiger partial charge in [0.25, 0.3) is 0 Å². The minimum atomic E-state index is 0.0209. The van der Waals surface area contributed by atoms with Crippen molar-refractivity contribution in [2.75, 3.05) is 18.0 Å². The smallest absolute Gasteiger partial charge is 0.185 e. The topological polar surface area (TPSA) is 63.2 Å². The Morgan fingerprint density at radius 3 is 2.61 bits per heavy atom. The van der Waals surface area contributed by atoms with Crippen LogP contribution in [0, 0.1) is 18.8 Å². The highest BCUT2D eigenvalue weighted by Crippen LogP contribution is 2.31. The third kappa shape index (κ3) is 6.71. The second kappa shape index (κ2) is 10.7. The minimum Gasteiger partial charge on any atom is -0.356 e. The summed E-state index contributed by atoms with van der Waals surface area (Å²) in [4.78, 5) is 35.4.